The summed E-state index contributed by atoms with van der Waals surface area (Å²) in [7, 11) is 0. The van der Waals surface area contributed by atoms with Gasteiger partial charge >= 0.3 is 6.18 Å². The topological polar surface area (TPSA) is 44.4 Å². The summed E-state index contributed by atoms with van der Waals surface area (Å²) in [5.41, 5.74) is -0.487. The third-order valence-electron chi connectivity index (χ3n) is 4.68. The fourth-order valence-electron chi connectivity index (χ4n) is 3.23. The van der Waals surface area contributed by atoms with Crippen molar-refractivity contribution in [2.45, 2.75) is 44.8 Å². The molecule has 2 fully saturated rings. The second-order valence-electron chi connectivity index (χ2n) is 6.32. The summed E-state index contributed by atoms with van der Waals surface area (Å²) in [5, 5.41) is 5.59. The highest BCUT2D eigenvalue weighted by atomic mass is 19.4. The molecule has 1 saturated carbocycles. The molecule has 1 heterocycles. The number of nitrogens with one attached hydrogen (secondary N) is 2. The third kappa shape index (κ3) is 4.10. The Balaban J connectivity index is 1.94. The Morgan fingerprint density at radius 1 is 1.29 bits per heavy atom. The summed E-state index contributed by atoms with van der Waals surface area (Å²) in [4.78, 5) is 13.6. The van der Waals surface area contributed by atoms with Gasteiger partial charge in [0, 0.05) is 38.1 Å². The number of hydrogen-bond donors (Lipinski definition) is 2. The van der Waals surface area contributed by atoms with E-state index in [9.17, 15) is 18.0 Å². The standard InChI is InChI=1S/C14H24F3N3O/c1-13(4-2-3-5-13)12(21)19-10-11(14(15,16)17)20-8-6-18-7-9-20/h11,18H,2-10H2,1H3,(H,19,21). The van der Waals surface area contributed by atoms with Gasteiger partial charge < -0.3 is 10.6 Å². The molecule has 0 spiro atoms. The molecule has 0 aromatic rings. The maximum absolute atomic E-state index is 13.2. The van der Waals surface area contributed by atoms with E-state index in [0.29, 0.717) is 26.2 Å². The van der Waals surface area contributed by atoms with Crippen LogP contribution in [0.15, 0.2) is 0 Å². The van der Waals surface area contributed by atoms with Crippen LogP contribution < -0.4 is 10.6 Å². The minimum absolute atomic E-state index is 0.232. The Morgan fingerprint density at radius 3 is 2.38 bits per heavy atom. The molecule has 0 radical (unpaired) electrons. The zero-order valence-corrected chi connectivity index (χ0v) is 12.4. The summed E-state index contributed by atoms with van der Waals surface area (Å²) < 4.78 is 39.6. The average molecular weight is 307 g/mol. The molecule has 1 saturated heterocycles. The Hall–Kier alpha value is -0.820. The molecular formula is C14H24F3N3O. The number of halogens is 3. The number of carbonyl (C=O) groups excluding carboxylic acids is 1. The summed E-state index contributed by atoms with van der Waals surface area (Å²) in [6, 6.07) is -1.59. The van der Waals surface area contributed by atoms with E-state index in [2.05, 4.69) is 10.6 Å². The van der Waals surface area contributed by atoms with Gasteiger partial charge in [0.05, 0.1) is 0 Å². The number of nitrogens with zero attached hydrogens (tertiary/aromatic N) is 1. The summed E-state index contributed by atoms with van der Waals surface area (Å²) in [6.07, 6.45) is -0.831. The minimum atomic E-state index is -4.32. The lowest BCUT2D eigenvalue weighted by molar-refractivity contribution is -0.184. The molecule has 4 nitrogen and oxygen atoms in total. The van der Waals surface area contributed by atoms with E-state index in [1.54, 1.807) is 0 Å². The second-order valence-corrected chi connectivity index (χ2v) is 6.32. The molecule has 2 rings (SSSR count). The molecule has 2 aliphatic rings. The highest BCUT2D eigenvalue weighted by Gasteiger charge is 2.45. The first-order chi connectivity index (χ1) is 9.83. The number of alkyl halides is 3. The summed E-state index contributed by atoms with van der Waals surface area (Å²) >= 11 is 0. The Morgan fingerprint density at radius 2 is 1.86 bits per heavy atom. The van der Waals surface area contributed by atoms with Crippen LogP contribution in [0.1, 0.15) is 32.6 Å². The van der Waals surface area contributed by atoms with E-state index >= 15 is 0 Å². The quantitative estimate of drug-likeness (QED) is 0.828. The molecule has 2 N–H and O–H groups in total. The van der Waals surface area contributed by atoms with Crippen LogP contribution in [0.2, 0.25) is 0 Å². The molecule has 1 atom stereocenters. The van der Waals surface area contributed by atoms with Gasteiger partial charge in [0.1, 0.15) is 6.04 Å². The lowest BCUT2D eigenvalue weighted by Crippen LogP contribution is -2.58. The predicted octanol–water partition coefficient (Wildman–Crippen LogP) is 1.52. The van der Waals surface area contributed by atoms with Crippen LogP contribution in [0.5, 0.6) is 0 Å². The van der Waals surface area contributed by atoms with E-state index in [4.69, 9.17) is 0 Å². The van der Waals surface area contributed by atoms with Crippen LogP contribution in [0.4, 0.5) is 13.2 Å². The van der Waals surface area contributed by atoms with Gasteiger partial charge in [0.2, 0.25) is 5.91 Å². The van der Waals surface area contributed by atoms with Gasteiger partial charge in [0.15, 0.2) is 0 Å². The molecule has 0 aromatic carbocycles. The molecule has 0 bridgehead atoms. The Bertz CT molecular complexity index is 361. The van der Waals surface area contributed by atoms with Crippen molar-refractivity contribution in [1.82, 2.24) is 15.5 Å². The lowest BCUT2D eigenvalue weighted by Gasteiger charge is -2.36. The normalized spacial score (nSPS) is 24.8. The van der Waals surface area contributed by atoms with Gasteiger partial charge in [-0.2, -0.15) is 13.2 Å². The van der Waals surface area contributed by atoms with Gasteiger partial charge in [0.25, 0.3) is 0 Å². The molecule has 1 unspecified atom stereocenters. The Kier molecular flexibility index (Phi) is 5.14. The highest BCUT2D eigenvalue weighted by molar-refractivity contribution is 5.82. The molecule has 7 heteroatoms. The van der Waals surface area contributed by atoms with Gasteiger partial charge in [-0.3, -0.25) is 9.69 Å². The molecule has 1 aliphatic heterocycles. The first-order valence-electron chi connectivity index (χ1n) is 7.63. The molecule has 21 heavy (non-hydrogen) atoms. The van der Waals surface area contributed by atoms with Gasteiger partial charge in [-0.25, -0.2) is 0 Å². The summed E-state index contributed by atoms with van der Waals surface area (Å²) in [5.74, 6) is -0.232. The van der Waals surface area contributed by atoms with Gasteiger partial charge in [-0.05, 0) is 12.8 Å². The fourth-order valence-corrected chi connectivity index (χ4v) is 3.23. The SMILES string of the molecule is CC1(C(=O)NCC(N2CCNCC2)C(F)(F)F)CCCC1. The second kappa shape index (κ2) is 6.52. The number of hydrogen-bond acceptors (Lipinski definition) is 3. The van der Waals surface area contributed by atoms with Crippen LogP contribution in [0.3, 0.4) is 0 Å². The van der Waals surface area contributed by atoms with Gasteiger partial charge in [-0.1, -0.05) is 19.8 Å². The van der Waals surface area contributed by atoms with Crippen LogP contribution in [0.25, 0.3) is 0 Å². The molecular weight excluding hydrogens is 283 g/mol. The van der Waals surface area contributed by atoms with Crippen molar-refractivity contribution in [3.8, 4) is 0 Å². The van der Waals surface area contributed by atoms with Crippen LogP contribution in [-0.2, 0) is 4.79 Å². The zero-order valence-electron chi connectivity index (χ0n) is 12.4. The number of carbonyl (C=O) groups is 1. The average Bonchev–Trinajstić information content (AvgIpc) is 2.87. The number of rotatable bonds is 4. The Labute approximate surface area is 123 Å². The highest BCUT2D eigenvalue weighted by Crippen LogP contribution is 2.37. The maximum Gasteiger partial charge on any atom is 0.405 e. The molecule has 1 amide bonds. The van der Waals surface area contributed by atoms with Crippen molar-refractivity contribution in [2.24, 2.45) is 5.41 Å². The van der Waals surface area contributed by atoms with Crippen LogP contribution >= 0.6 is 0 Å². The largest absolute Gasteiger partial charge is 0.405 e. The van der Waals surface area contributed by atoms with Crippen molar-refractivity contribution in [3.63, 3.8) is 0 Å². The molecule has 0 aromatic heterocycles. The lowest BCUT2D eigenvalue weighted by atomic mass is 9.88. The van der Waals surface area contributed by atoms with Crippen molar-refractivity contribution in [3.05, 3.63) is 0 Å². The van der Waals surface area contributed by atoms with E-state index in [-0.39, 0.29) is 12.5 Å². The van der Waals surface area contributed by atoms with E-state index in [0.717, 1.165) is 25.7 Å². The van der Waals surface area contributed by atoms with Crippen molar-refractivity contribution in [1.29, 1.82) is 0 Å². The van der Waals surface area contributed by atoms with Crippen molar-refractivity contribution >= 4 is 5.91 Å². The monoisotopic (exact) mass is 307 g/mol. The zero-order chi connectivity index (χ0) is 15.5. The molecule has 1 aliphatic carbocycles. The maximum atomic E-state index is 13.2. The van der Waals surface area contributed by atoms with Gasteiger partial charge in [-0.15, -0.1) is 0 Å². The summed E-state index contributed by atoms with van der Waals surface area (Å²) in [6.45, 7) is 3.33. The van der Waals surface area contributed by atoms with Crippen molar-refractivity contribution in [2.75, 3.05) is 32.7 Å². The van der Waals surface area contributed by atoms with E-state index in [1.807, 2.05) is 6.92 Å². The van der Waals surface area contributed by atoms with Crippen molar-refractivity contribution < 1.29 is 18.0 Å². The van der Waals surface area contributed by atoms with E-state index in [1.165, 1.54) is 4.90 Å². The number of amides is 1. The first-order valence-corrected chi connectivity index (χ1v) is 7.63. The first kappa shape index (κ1) is 16.5. The fraction of sp³-hybridized carbons (Fsp3) is 0.929. The predicted molar refractivity (Wildman–Crippen MR) is 73.9 cm³/mol. The number of piperazine rings is 1. The van der Waals surface area contributed by atoms with Crippen LogP contribution in [-0.4, -0.2) is 55.7 Å². The minimum Gasteiger partial charge on any atom is -0.354 e. The third-order valence-corrected chi connectivity index (χ3v) is 4.68. The van der Waals surface area contributed by atoms with E-state index < -0.39 is 17.6 Å². The smallest absolute Gasteiger partial charge is 0.354 e. The molecule has 122 valence electrons. The van der Waals surface area contributed by atoms with Crippen LogP contribution in [0, 0.1) is 5.41 Å².